The van der Waals surface area contributed by atoms with Crippen LogP contribution in [0.4, 0.5) is 0 Å². The van der Waals surface area contributed by atoms with Crippen LogP contribution in [-0.2, 0) is 6.42 Å². The van der Waals surface area contributed by atoms with E-state index in [-0.39, 0.29) is 0 Å². The molecule has 0 aliphatic carbocycles. The molecule has 2 aromatic rings. The number of pyridine rings is 1. The van der Waals surface area contributed by atoms with Crippen molar-refractivity contribution < 1.29 is 0 Å². The summed E-state index contributed by atoms with van der Waals surface area (Å²) in [7, 11) is 0. The molecule has 1 unspecified atom stereocenters. The van der Waals surface area contributed by atoms with Gasteiger partial charge >= 0.3 is 0 Å². The van der Waals surface area contributed by atoms with Crippen LogP contribution in [0, 0.1) is 5.92 Å². The van der Waals surface area contributed by atoms with Gasteiger partial charge in [-0.05, 0) is 43.9 Å². The lowest BCUT2D eigenvalue weighted by molar-refractivity contribution is 0.102. The minimum absolute atomic E-state index is 0.428. The van der Waals surface area contributed by atoms with Crippen LogP contribution in [-0.4, -0.2) is 32.5 Å². The lowest BCUT2D eigenvalue weighted by atomic mass is 10.1. The minimum atomic E-state index is 0.428. The molecular weight excluding hydrogens is 260 g/mol. The fourth-order valence-corrected chi connectivity index (χ4v) is 3.43. The first-order valence-corrected chi connectivity index (χ1v) is 8.26. The van der Waals surface area contributed by atoms with Gasteiger partial charge in [-0.3, -0.25) is 9.47 Å². The summed E-state index contributed by atoms with van der Waals surface area (Å²) in [4.78, 5) is 12.1. The van der Waals surface area contributed by atoms with Crippen molar-refractivity contribution in [1.82, 2.24) is 19.4 Å². The number of hydrogen-bond acceptors (Lipinski definition) is 3. The Balaban J connectivity index is 2.09. The van der Waals surface area contributed by atoms with Gasteiger partial charge in [0.2, 0.25) is 0 Å². The largest absolute Gasteiger partial charge is 0.296 e. The highest BCUT2D eigenvalue weighted by Crippen LogP contribution is 2.30. The first kappa shape index (κ1) is 14.5. The predicted molar refractivity (Wildman–Crippen MR) is 86.2 cm³/mol. The quantitative estimate of drug-likeness (QED) is 0.860. The van der Waals surface area contributed by atoms with E-state index < -0.39 is 0 Å². The third-order valence-corrected chi connectivity index (χ3v) is 4.40. The highest BCUT2D eigenvalue weighted by atomic mass is 15.3. The van der Waals surface area contributed by atoms with Gasteiger partial charge in [-0.25, -0.2) is 9.97 Å². The van der Waals surface area contributed by atoms with E-state index in [0.717, 1.165) is 24.1 Å². The van der Waals surface area contributed by atoms with Gasteiger partial charge < -0.3 is 0 Å². The molecule has 0 N–H and O–H groups in total. The molecule has 0 spiro atoms. The summed E-state index contributed by atoms with van der Waals surface area (Å²) < 4.78 is 2.41. The van der Waals surface area contributed by atoms with E-state index in [0.29, 0.717) is 12.1 Å². The number of hydrogen-bond donors (Lipinski definition) is 0. The first-order valence-electron chi connectivity index (χ1n) is 8.26. The number of fused-ring (bicyclic) bond motifs is 1. The molecule has 1 atom stereocenters. The minimum Gasteiger partial charge on any atom is -0.296 e. The first-order chi connectivity index (χ1) is 10.2. The van der Waals surface area contributed by atoms with E-state index in [9.17, 15) is 0 Å². The number of nitrogens with zero attached hydrogens (tertiary/aromatic N) is 4. The fourth-order valence-electron chi connectivity index (χ4n) is 3.43. The van der Waals surface area contributed by atoms with Crippen molar-refractivity contribution in [3.63, 3.8) is 0 Å². The maximum Gasteiger partial charge on any atom is 0.161 e. The molecule has 0 radical (unpaired) electrons. The maximum atomic E-state index is 4.87. The van der Waals surface area contributed by atoms with Crippen LogP contribution in [0.15, 0.2) is 18.3 Å². The van der Waals surface area contributed by atoms with E-state index in [1.165, 1.54) is 31.6 Å². The van der Waals surface area contributed by atoms with Crippen molar-refractivity contribution in [1.29, 1.82) is 0 Å². The summed E-state index contributed by atoms with van der Waals surface area (Å²) >= 11 is 0. The Labute approximate surface area is 127 Å². The van der Waals surface area contributed by atoms with Crippen LogP contribution in [0.3, 0.4) is 0 Å². The van der Waals surface area contributed by atoms with E-state index >= 15 is 0 Å². The highest BCUT2D eigenvalue weighted by molar-refractivity contribution is 5.71. The summed E-state index contributed by atoms with van der Waals surface area (Å²) in [5, 5.41) is 0. The third kappa shape index (κ3) is 2.82. The van der Waals surface area contributed by atoms with Gasteiger partial charge in [0.1, 0.15) is 11.3 Å². The van der Waals surface area contributed by atoms with Crippen LogP contribution in [0.1, 0.15) is 52.0 Å². The number of rotatable bonds is 4. The molecule has 1 saturated heterocycles. The summed E-state index contributed by atoms with van der Waals surface area (Å²) in [5.74, 6) is 1.81. The molecule has 1 aliphatic rings. The van der Waals surface area contributed by atoms with Crippen LogP contribution in [0.5, 0.6) is 0 Å². The monoisotopic (exact) mass is 286 g/mol. The molecular formula is C17H26N4. The van der Waals surface area contributed by atoms with Gasteiger partial charge in [-0.2, -0.15) is 0 Å². The molecule has 21 heavy (non-hydrogen) atoms. The second-order valence-corrected chi connectivity index (χ2v) is 6.45. The summed E-state index contributed by atoms with van der Waals surface area (Å²) in [6, 6.07) is 4.07. The molecule has 1 fully saturated rings. The van der Waals surface area contributed by atoms with E-state index in [4.69, 9.17) is 4.98 Å². The van der Waals surface area contributed by atoms with Gasteiger partial charge in [-0.15, -0.1) is 0 Å². The summed E-state index contributed by atoms with van der Waals surface area (Å²) in [6.07, 6.45) is 7.15. The molecule has 0 saturated carbocycles. The Morgan fingerprint density at radius 3 is 2.95 bits per heavy atom. The van der Waals surface area contributed by atoms with Gasteiger partial charge in [0.05, 0.1) is 6.17 Å². The number of likely N-dealkylation sites (tertiary alicyclic amines) is 1. The Bertz CT molecular complexity index is 602. The maximum absolute atomic E-state index is 4.87. The Kier molecular flexibility index (Phi) is 4.24. The Hall–Kier alpha value is -1.42. The molecule has 1 aliphatic heterocycles. The zero-order valence-electron chi connectivity index (χ0n) is 13.4. The lowest BCUT2D eigenvalue weighted by Crippen LogP contribution is -2.37. The van der Waals surface area contributed by atoms with Gasteiger partial charge in [-0.1, -0.05) is 20.8 Å². The Morgan fingerprint density at radius 2 is 2.19 bits per heavy atom. The van der Waals surface area contributed by atoms with Gasteiger partial charge in [0.25, 0.3) is 0 Å². The number of piperidine rings is 1. The molecule has 4 nitrogen and oxygen atoms in total. The molecule has 114 valence electrons. The number of imidazole rings is 1. The topological polar surface area (TPSA) is 34.0 Å². The standard InChI is InChI=1S/C17H26N4/c1-4-20-11-6-5-9-16(20)21-15(12-13(2)3)19-14-8-7-10-18-17(14)21/h7-8,10,13,16H,4-6,9,11-12H2,1-3H3. The molecule has 4 heteroatoms. The van der Waals surface area contributed by atoms with Gasteiger partial charge in [0, 0.05) is 19.2 Å². The van der Waals surface area contributed by atoms with E-state index in [1.54, 1.807) is 0 Å². The SMILES string of the molecule is CCN1CCCCC1n1c(CC(C)C)nc2cccnc21. The molecule has 3 rings (SSSR count). The van der Waals surface area contributed by atoms with Crippen molar-refractivity contribution in [3.8, 4) is 0 Å². The van der Waals surface area contributed by atoms with E-state index in [2.05, 4.69) is 41.3 Å². The normalized spacial score (nSPS) is 20.5. The van der Waals surface area contributed by atoms with Crippen molar-refractivity contribution in [2.75, 3.05) is 13.1 Å². The smallest absolute Gasteiger partial charge is 0.161 e. The predicted octanol–water partition coefficient (Wildman–Crippen LogP) is 3.63. The fraction of sp³-hybridized carbons (Fsp3) is 0.647. The second-order valence-electron chi connectivity index (χ2n) is 6.45. The molecule has 2 aromatic heterocycles. The molecule has 0 amide bonds. The van der Waals surface area contributed by atoms with Crippen molar-refractivity contribution in [3.05, 3.63) is 24.2 Å². The third-order valence-electron chi connectivity index (χ3n) is 4.40. The lowest BCUT2D eigenvalue weighted by Gasteiger charge is -2.36. The Morgan fingerprint density at radius 1 is 1.33 bits per heavy atom. The van der Waals surface area contributed by atoms with Gasteiger partial charge in [0.15, 0.2) is 5.65 Å². The van der Waals surface area contributed by atoms with Crippen molar-refractivity contribution in [2.45, 2.75) is 52.6 Å². The highest BCUT2D eigenvalue weighted by Gasteiger charge is 2.27. The zero-order valence-corrected chi connectivity index (χ0v) is 13.4. The van der Waals surface area contributed by atoms with Crippen molar-refractivity contribution in [2.24, 2.45) is 5.92 Å². The number of aromatic nitrogens is 3. The molecule has 0 aromatic carbocycles. The van der Waals surface area contributed by atoms with Crippen LogP contribution in [0.25, 0.3) is 11.2 Å². The average Bonchev–Trinajstić information content (AvgIpc) is 2.84. The summed E-state index contributed by atoms with van der Waals surface area (Å²) in [5.41, 5.74) is 2.09. The molecule has 3 heterocycles. The summed E-state index contributed by atoms with van der Waals surface area (Å²) in [6.45, 7) is 9.06. The van der Waals surface area contributed by atoms with Crippen molar-refractivity contribution >= 4 is 11.2 Å². The van der Waals surface area contributed by atoms with E-state index in [1.807, 2.05) is 12.3 Å². The average molecular weight is 286 g/mol. The molecule has 0 bridgehead atoms. The zero-order chi connectivity index (χ0) is 14.8. The second kappa shape index (κ2) is 6.14. The van der Waals surface area contributed by atoms with Crippen LogP contribution in [0.2, 0.25) is 0 Å². The van der Waals surface area contributed by atoms with Crippen LogP contribution >= 0.6 is 0 Å². The van der Waals surface area contributed by atoms with Crippen LogP contribution < -0.4 is 0 Å².